The van der Waals surface area contributed by atoms with E-state index in [0.717, 1.165) is 44.3 Å². The number of nitro groups is 1. The predicted molar refractivity (Wildman–Crippen MR) is 80.0 cm³/mol. The first-order valence-corrected chi connectivity index (χ1v) is 7.66. The van der Waals surface area contributed by atoms with E-state index in [4.69, 9.17) is 4.99 Å². The molecule has 6 nitrogen and oxygen atoms in total. The molecule has 1 N–H and O–H groups in total. The summed E-state index contributed by atoms with van der Waals surface area (Å²) in [6, 6.07) is 3.30. The molecular weight excluding hydrogens is 268 g/mol. The van der Waals surface area contributed by atoms with Crippen LogP contribution in [0.5, 0.6) is 0 Å². The molecule has 1 fully saturated rings. The lowest BCUT2D eigenvalue weighted by atomic mass is 9.90. The smallest absolute Gasteiger partial charge is 0.296 e. The molecule has 0 amide bonds. The van der Waals surface area contributed by atoms with Crippen LogP contribution in [-0.2, 0) is 0 Å². The molecular formula is C15H20N4O2. The van der Waals surface area contributed by atoms with E-state index in [-0.39, 0.29) is 10.6 Å². The van der Waals surface area contributed by atoms with E-state index in [1.54, 1.807) is 6.07 Å². The Morgan fingerprint density at radius 3 is 2.62 bits per heavy atom. The third-order valence-corrected chi connectivity index (χ3v) is 4.19. The minimum absolute atomic E-state index is 0.0678. The third kappa shape index (κ3) is 2.50. The van der Waals surface area contributed by atoms with Crippen LogP contribution >= 0.6 is 0 Å². The Hall–Kier alpha value is -1.98. The molecule has 1 saturated carbocycles. The van der Waals surface area contributed by atoms with Crippen molar-refractivity contribution in [2.45, 2.75) is 51.1 Å². The molecule has 2 aliphatic rings. The summed E-state index contributed by atoms with van der Waals surface area (Å²) in [6.07, 6.45) is 6.16. The van der Waals surface area contributed by atoms with Crippen LogP contribution < -0.4 is 16.0 Å². The standard InChI is InChI=1S/C15H20N4O2/c1-2-10-16-11-6-7-12(19(20)21)14-13(11)17-15(18-14)8-4-3-5-9-15/h6-7,16H,2-5,8-10H2,1H3. The number of nitrogens with zero attached hydrogens (tertiary/aromatic N) is 3. The highest BCUT2D eigenvalue weighted by molar-refractivity contribution is 5.49. The number of hydrogen-bond donors (Lipinski definition) is 1. The van der Waals surface area contributed by atoms with Gasteiger partial charge in [0, 0.05) is 12.6 Å². The summed E-state index contributed by atoms with van der Waals surface area (Å²) in [7, 11) is 0. The van der Waals surface area contributed by atoms with Crippen molar-refractivity contribution in [3.63, 3.8) is 0 Å². The summed E-state index contributed by atoms with van der Waals surface area (Å²) in [5.74, 6) is 0. The molecule has 21 heavy (non-hydrogen) atoms. The van der Waals surface area contributed by atoms with Crippen molar-refractivity contribution >= 4 is 11.4 Å². The molecule has 6 heteroatoms. The Kier molecular flexibility index (Phi) is 3.61. The van der Waals surface area contributed by atoms with Gasteiger partial charge in [0.05, 0.1) is 10.6 Å². The number of rotatable bonds is 4. The summed E-state index contributed by atoms with van der Waals surface area (Å²) in [5, 5.41) is 15.7. The van der Waals surface area contributed by atoms with Crippen LogP contribution in [0.2, 0.25) is 0 Å². The number of nitro benzene ring substituents is 1. The van der Waals surface area contributed by atoms with Gasteiger partial charge in [0.1, 0.15) is 5.36 Å². The summed E-state index contributed by atoms with van der Waals surface area (Å²) >= 11 is 0. The molecule has 3 rings (SSSR count). The number of anilines is 1. The SMILES string of the molecule is CCCNc1ccc([N+](=O)[O-])c2c1=NC1(CCCCC1)N=2. The molecule has 0 bridgehead atoms. The summed E-state index contributed by atoms with van der Waals surface area (Å²) < 4.78 is 0. The van der Waals surface area contributed by atoms with Crippen LogP contribution in [0.15, 0.2) is 22.1 Å². The molecule has 112 valence electrons. The molecule has 1 aromatic rings. The van der Waals surface area contributed by atoms with Gasteiger partial charge in [-0.1, -0.05) is 13.3 Å². The van der Waals surface area contributed by atoms with E-state index in [9.17, 15) is 10.1 Å². The van der Waals surface area contributed by atoms with Crippen molar-refractivity contribution in [2.75, 3.05) is 11.9 Å². The quantitative estimate of drug-likeness (QED) is 0.682. The summed E-state index contributed by atoms with van der Waals surface area (Å²) in [5.41, 5.74) is 0.483. The molecule has 0 aromatic heterocycles. The lowest BCUT2D eigenvalue weighted by molar-refractivity contribution is -0.386. The molecule has 0 saturated heterocycles. The minimum atomic E-state index is -0.449. The molecule has 1 heterocycles. The van der Waals surface area contributed by atoms with Gasteiger partial charge in [-0.25, -0.2) is 4.99 Å². The fraction of sp³-hybridized carbons (Fsp3) is 0.600. The van der Waals surface area contributed by atoms with E-state index in [2.05, 4.69) is 17.2 Å². The average molecular weight is 288 g/mol. The first-order chi connectivity index (χ1) is 10.2. The monoisotopic (exact) mass is 288 g/mol. The van der Waals surface area contributed by atoms with Gasteiger partial charge < -0.3 is 5.32 Å². The van der Waals surface area contributed by atoms with Crippen molar-refractivity contribution in [1.29, 1.82) is 0 Å². The highest BCUT2D eigenvalue weighted by Gasteiger charge is 2.35. The van der Waals surface area contributed by atoms with Gasteiger partial charge in [0.2, 0.25) is 0 Å². The van der Waals surface area contributed by atoms with E-state index in [1.165, 1.54) is 12.5 Å². The first-order valence-electron chi connectivity index (χ1n) is 7.66. The van der Waals surface area contributed by atoms with Crippen molar-refractivity contribution in [3.8, 4) is 0 Å². The van der Waals surface area contributed by atoms with Gasteiger partial charge in [0.15, 0.2) is 11.0 Å². The van der Waals surface area contributed by atoms with Crippen molar-refractivity contribution in [2.24, 2.45) is 9.98 Å². The van der Waals surface area contributed by atoms with Crippen molar-refractivity contribution in [1.82, 2.24) is 0 Å². The van der Waals surface area contributed by atoms with Crippen LogP contribution in [0.1, 0.15) is 45.4 Å². The zero-order valence-electron chi connectivity index (χ0n) is 12.3. The normalized spacial score (nSPS) is 18.7. The van der Waals surface area contributed by atoms with E-state index in [1.807, 2.05) is 0 Å². The van der Waals surface area contributed by atoms with Gasteiger partial charge in [0.25, 0.3) is 5.69 Å². The van der Waals surface area contributed by atoms with Gasteiger partial charge in [-0.15, -0.1) is 0 Å². The second-order valence-electron chi connectivity index (χ2n) is 5.78. The fourth-order valence-electron chi connectivity index (χ4n) is 3.12. The Bertz CT molecular complexity index is 678. The number of benzene rings is 1. The van der Waals surface area contributed by atoms with Gasteiger partial charge in [-0.2, -0.15) is 0 Å². The van der Waals surface area contributed by atoms with Crippen LogP contribution in [0.4, 0.5) is 11.4 Å². The maximum atomic E-state index is 11.2. The van der Waals surface area contributed by atoms with Crippen LogP contribution in [-0.4, -0.2) is 17.1 Å². The van der Waals surface area contributed by atoms with Crippen molar-refractivity contribution < 1.29 is 4.92 Å². The van der Waals surface area contributed by atoms with E-state index >= 15 is 0 Å². The predicted octanol–water partition coefficient (Wildman–Crippen LogP) is 2.33. The number of nitrogens with one attached hydrogen (secondary N) is 1. The first kappa shape index (κ1) is 14.0. The highest BCUT2D eigenvalue weighted by atomic mass is 16.6. The Morgan fingerprint density at radius 1 is 1.24 bits per heavy atom. The third-order valence-electron chi connectivity index (χ3n) is 4.19. The van der Waals surface area contributed by atoms with Gasteiger partial charge in [-0.05, 0) is 38.2 Å². The van der Waals surface area contributed by atoms with E-state index in [0.29, 0.717) is 10.7 Å². The molecule has 0 atom stereocenters. The summed E-state index contributed by atoms with van der Waals surface area (Å²) in [6.45, 7) is 2.91. The summed E-state index contributed by atoms with van der Waals surface area (Å²) in [4.78, 5) is 20.4. The fourth-order valence-corrected chi connectivity index (χ4v) is 3.12. The van der Waals surface area contributed by atoms with Crippen molar-refractivity contribution in [3.05, 3.63) is 33.0 Å². The number of non-ortho nitro benzene ring substituents is 1. The van der Waals surface area contributed by atoms with Crippen LogP contribution in [0.25, 0.3) is 0 Å². The van der Waals surface area contributed by atoms with Crippen LogP contribution in [0, 0.1) is 10.1 Å². The number of fused-ring (bicyclic) bond motifs is 1. The van der Waals surface area contributed by atoms with Gasteiger partial charge >= 0.3 is 0 Å². The molecule has 1 aliphatic heterocycles. The largest absolute Gasteiger partial charge is 0.383 e. The highest BCUT2D eigenvalue weighted by Crippen LogP contribution is 2.33. The van der Waals surface area contributed by atoms with Crippen LogP contribution in [0.3, 0.4) is 0 Å². The molecule has 0 unspecified atom stereocenters. The molecule has 1 aromatic carbocycles. The molecule has 0 radical (unpaired) electrons. The lowest BCUT2D eigenvalue weighted by Gasteiger charge is -2.27. The maximum Gasteiger partial charge on any atom is 0.296 e. The molecule has 1 spiro atoms. The Labute approximate surface area is 123 Å². The molecule has 1 aliphatic carbocycles. The lowest BCUT2D eigenvalue weighted by Crippen LogP contribution is -2.28. The second-order valence-corrected chi connectivity index (χ2v) is 5.78. The average Bonchev–Trinajstić information content (AvgIpc) is 2.83. The Morgan fingerprint density at radius 2 is 1.95 bits per heavy atom. The van der Waals surface area contributed by atoms with E-state index < -0.39 is 5.66 Å². The van der Waals surface area contributed by atoms with Gasteiger partial charge in [-0.3, -0.25) is 15.1 Å². The minimum Gasteiger partial charge on any atom is -0.383 e. The maximum absolute atomic E-state index is 11.2. The topological polar surface area (TPSA) is 79.9 Å². The Balaban J connectivity index is 2.13. The second kappa shape index (κ2) is 5.42. The number of hydrogen-bond acceptors (Lipinski definition) is 5. The zero-order chi connectivity index (χ0) is 14.9. The zero-order valence-corrected chi connectivity index (χ0v) is 12.3.